The zero-order valence-corrected chi connectivity index (χ0v) is 22.8. The maximum absolute atomic E-state index is 13.3. The summed E-state index contributed by atoms with van der Waals surface area (Å²) in [5.41, 5.74) is 1.65. The van der Waals surface area contributed by atoms with Crippen molar-refractivity contribution in [2.24, 2.45) is 0 Å². The lowest BCUT2D eigenvalue weighted by atomic mass is 10.2. The topological polar surface area (TPSA) is 75.7 Å². The van der Waals surface area contributed by atoms with Crippen LogP contribution in [0, 0.1) is 9.39 Å². The molecule has 0 bridgehead atoms. The van der Waals surface area contributed by atoms with Crippen molar-refractivity contribution in [2.45, 2.75) is 6.61 Å². The van der Waals surface area contributed by atoms with Crippen LogP contribution in [0.5, 0.6) is 5.75 Å². The molecule has 0 atom stereocenters. The van der Waals surface area contributed by atoms with Crippen molar-refractivity contribution in [1.29, 1.82) is 0 Å². The largest absolute Gasteiger partial charge is 0.486 e. The van der Waals surface area contributed by atoms with E-state index >= 15 is 0 Å². The van der Waals surface area contributed by atoms with E-state index in [2.05, 4.69) is 27.9 Å². The Hall–Kier alpha value is -2.60. The molecular weight excluding hydrogens is 641 g/mol. The molecule has 0 saturated carbocycles. The highest BCUT2D eigenvalue weighted by atomic mass is 127. The number of hydrogen-bond acceptors (Lipinski definition) is 5. The van der Waals surface area contributed by atoms with Gasteiger partial charge >= 0.3 is 0 Å². The Morgan fingerprint density at radius 2 is 1.78 bits per heavy atom. The summed E-state index contributed by atoms with van der Waals surface area (Å²) < 4.78 is 20.2. The van der Waals surface area contributed by atoms with Gasteiger partial charge < -0.3 is 10.1 Å². The first-order chi connectivity index (χ1) is 17.2. The Bertz CT molecular complexity index is 1360. The minimum atomic E-state index is -0.634. The van der Waals surface area contributed by atoms with Crippen LogP contribution in [0.4, 0.5) is 14.9 Å². The van der Waals surface area contributed by atoms with Gasteiger partial charge in [-0.1, -0.05) is 41.4 Å². The molecule has 4 rings (SSSR count). The number of rotatable bonds is 7. The van der Waals surface area contributed by atoms with Gasteiger partial charge in [0, 0.05) is 9.26 Å². The maximum Gasteiger partial charge on any atom is 0.294 e. The molecule has 1 N–H and O–H groups in total. The Morgan fingerprint density at radius 3 is 2.44 bits per heavy atom. The molecular formula is C25H16Cl2FIN2O4S. The fraction of sp³-hybridized carbons (Fsp3) is 0.0800. The zero-order chi connectivity index (χ0) is 25.8. The molecule has 11 heteroatoms. The molecule has 1 aliphatic rings. The van der Waals surface area contributed by atoms with Crippen LogP contribution in [0.2, 0.25) is 10.0 Å². The Morgan fingerprint density at radius 1 is 1.08 bits per heavy atom. The van der Waals surface area contributed by atoms with Gasteiger partial charge in [-0.2, -0.15) is 0 Å². The van der Waals surface area contributed by atoms with Crippen molar-refractivity contribution in [3.63, 3.8) is 0 Å². The first kappa shape index (κ1) is 26.5. The molecule has 1 fully saturated rings. The molecule has 184 valence electrons. The van der Waals surface area contributed by atoms with E-state index in [0.29, 0.717) is 23.1 Å². The summed E-state index contributed by atoms with van der Waals surface area (Å²) in [6, 6.07) is 16.2. The van der Waals surface area contributed by atoms with Gasteiger partial charge in [-0.3, -0.25) is 19.3 Å². The summed E-state index contributed by atoms with van der Waals surface area (Å²) in [7, 11) is 0. The van der Waals surface area contributed by atoms with Crippen LogP contribution in [0.15, 0.2) is 65.6 Å². The van der Waals surface area contributed by atoms with Gasteiger partial charge in [0.15, 0.2) is 5.75 Å². The van der Waals surface area contributed by atoms with Gasteiger partial charge in [0.05, 0.1) is 15.0 Å². The lowest BCUT2D eigenvalue weighted by Crippen LogP contribution is -2.36. The van der Waals surface area contributed by atoms with Crippen molar-refractivity contribution in [2.75, 3.05) is 11.9 Å². The number of ether oxygens (including phenoxy) is 1. The number of carbonyl (C=O) groups is 3. The average molecular weight is 657 g/mol. The van der Waals surface area contributed by atoms with Crippen LogP contribution >= 0.6 is 57.6 Å². The summed E-state index contributed by atoms with van der Waals surface area (Å²) in [6.07, 6.45) is 1.47. The molecule has 3 aromatic rings. The van der Waals surface area contributed by atoms with Gasteiger partial charge in [0.2, 0.25) is 5.91 Å². The molecule has 0 spiro atoms. The second kappa shape index (κ2) is 11.6. The van der Waals surface area contributed by atoms with Crippen LogP contribution in [-0.4, -0.2) is 28.5 Å². The number of nitrogens with zero attached hydrogens (tertiary/aromatic N) is 1. The minimum Gasteiger partial charge on any atom is -0.486 e. The van der Waals surface area contributed by atoms with Crippen molar-refractivity contribution in [3.8, 4) is 5.75 Å². The number of halogens is 4. The number of anilines is 1. The lowest BCUT2D eigenvalue weighted by molar-refractivity contribution is -0.127. The average Bonchev–Trinajstić information content (AvgIpc) is 3.07. The van der Waals surface area contributed by atoms with Gasteiger partial charge in [-0.05, 0) is 94.0 Å². The van der Waals surface area contributed by atoms with Gasteiger partial charge in [-0.15, -0.1) is 0 Å². The van der Waals surface area contributed by atoms with E-state index in [1.807, 2.05) is 24.3 Å². The number of benzene rings is 3. The van der Waals surface area contributed by atoms with Crippen molar-refractivity contribution < 1.29 is 23.5 Å². The Labute approximate surface area is 233 Å². The molecule has 0 unspecified atom stereocenters. The monoisotopic (exact) mass is 656 g/mol. The Balaban J connectivity index is 1.43. The lowest BCUT2D eigenvalue weighted by Gasteiger charge is -2.12. The number of hydrogen-bond donors (Lipinski definition) is 1. The van der Waals surface area contributed by atoms with E-state index in [9.17, 15) is 18.8 Å². The highest BCUT2D eigenvalue weighted by Crippen LogP contribution is 2.37. The highest BCUT2D eigenvalue weighted by molar-refractivity contribution is 14.1. The molecule has 3 aromatic carbocycles. The molecule has 0 aliphatic carbocycles. The third-order valence-electron chi connectivity index (χ3n) is 4.90. The van der Waals surface area contributed by atoms with E-state index in [-0.39, 0.29) is 27.2 Å². The number of amides is 3. The highest BCUT2D eigenvalue weighted by Gasteiger charge is 2.36. The number of imide groups is 1. The predicted molar refractivity (Wildman–Crippen MR) is 148 cm³/mol. The van der Waals surface area contributed by atoms with Gasteiger partial charge in [0.25, 0.3) is 11.1 Å². The fourth-order valence-corrected chi connectivity index (χ4v) is 5.05. The normalized spacial score (nSPS) is 14.4. The quantitative estimate of drug-likeness (QED) is 0.219. The molecule has 6 nitrogen and oxygen atoms in total. The minimum absolute atomic E-state index is 0.109. The third-order valence-corrected chi connectivity index (χ3v) is 7.09. The van der Waals surface area contributed by atoms with E-state index in [1.165, 1.54) is 24.3 Å². The van der Waals surface area contributed by atoms with Crippen molar-refractivity contribution in [3.05, 3.63) is 96.1 Å². The summed E-state index contributed by atoms with van der Waals surface area (Å²) in [4.78, 5) is 38.3. The molecule has 0 aromatic heterocycles. The first-order valence-corrected chi connectivity index (χ1v) is 13.0. The van der Waals surface area contributed by atoms with Crippen LogP contribution < -0.4 is 10.1 Å². The summed E-state index contributed by atoms with van der Waals surface area (Å²) in [5.74, 6) is -1.49. The molecule has 3 amide bonds. The molecule has 0 radical (unpaired) electrons. The second-order valence-corrected chi connectivity index (χ2v) is 10.6. The predicted octanol–water partition coefficient (Wildman–Crippen LogP) is 6.99. The number of nitrogens with one attached hydrogen (secondary N) is 1. The van der Waals surface area contributed by atoms with Crippen LogP contribution in [-0.2, 0) is 16.2 Å². The van der Waals surface area contributed by atoms with Crippen LogP contribution in [0.3, 0.4) is 0 Å². The maximum atomic E-state index is 13.3. The number of thioether (sulfide) groups is 1. The molecule has 1 heterocycles. The molecule has 1 aliphatic heterocycles. The first-order valence-electron chi connectivity index (χ1n) is 10.4. The van der Waals surface area contributed by atoms with Crippen molar-refractivity contribution in [1.82, 2.24) is 4.90 Å². The van der Waals surface area contributed by atoms with E-state index in [0.717, 1.165) is 20.1 Å². The smallest absolute Gasteiger partial charge is 0.294 e. The second-order valence-electron chi connectivity index (χ2n) is 7.56. The molecule has 1 saturated heterocycles. The van der Waals surface area contributed by atoms with E-state index < -0.39 is 29.4 Å². The fourth-order valence-electron chi connectivity index (χ4n) is 3.23. The van der Waals surface area contributed by atoms with Crippen molar-refractivity contribution >= 4 is 86.4 Å². The van der Waals surface area contributed by atoms with Gasteiger partial charge in [0.1, 0.15) is 19.0 Å². The summed E-state index contributed by atoms with van der Waals surface area (Å²) in [6.45, 7) is -0.238. The summed E-state index contributed by atoms with van der Waals surface area (Å²) >= 11 is 15.7. The van der Waals surface area contributed by atoms with E-state index in [4.69, 9.17) is 27.9 Å². The van der Waals surface area contributed by atoms with E-state index in [1.54, 1.807) is 12.1 Å². The SMILES string of the molecule is O=C(CN1C(=O)S/C(=C/c2cc(Cl)c(OCc3ccc(I)cc3)c(Cl)c2)C1=O)Nc1cccc(F)c1. The number of carbonyl (C=O) groups excluding carboxylic acids is 3. The standard InChI is InChI=1S/C25H16Cl2FIN2O4S/c26-19-8-15(9-20(27)23(19)35-13-14-4-6-17(29)7-5-14)10-21-24(33)31(25(34)36-21)12-22(32)30-18-3-1-2-16(28)11-18/h1-11H,12-13H2,(H,30,32)/b21-10+. The molecule has 36 heavy (non-hydrogen) atoms. The third kappa shape index (κ3) is 6.58. The van der Waals surface area contributed by atoms with Crippen LogP contribution in [0.1, 0.15) is 11.1 Å². The van der Waals surface area contributed by atoms with Crippen LogP contribution in [0.25, 0.3) is 6.08 Å². The van der Waals surface area contributed by atoms with Gasteiger partial charge in [-0.25, -0.2) is 4.39 Å². The summed E-state index contributed by atoms with van der Waals surface area (Å²) in [5, 5.41) is 2.35. The Kier molecular flexibility index (Phi) is 8.55. The zero-order valence-electron chi connectivity index (χ0n) is 18.3.